The molecule has 1 atom stereocenters. The summed E-state index contributed by atoms with van der Waals surface area (Å²) in [5.74, 6) is -1.15. The van der Waals surface area contributed by atoms with E-state index in [1.54, 1.807) is 0 Å². The average Bonchev–Trinajstić information content (AvgIpc) is 2.35. The van der Waals surface area contributed by atoms with Crippen molar-refractivity contribution in [1.82, 2.24) is 10.7 Å². The summed E-state index contributed by atoms with van der Waals surface area (Å²) in [4.78, 5) is 33.6. The fourth-order valence-corrected chi connectivity index (χ4v) is 2.13. The molecule has 1 heterocycles. The maximum Gasteiger partial charge on any atom is 0.303 e. The third-order valence-electron chi connectivity index (χ3n) is 2.99. The van der Waals surface area contributed by atoms with Gasteiger partial charge in [-0.1, -0.05) is 13.8 Å². The minimum Gasteiger partial charge on any atom is -0.481 e. The summed E-state index contributed by atoms with van der Waals surface area (Å²) in [7, 11) is 0. The summed E-state index contributed by atoms with van der Waals surface area (Å²) in [6.07, 6.45) is 1.32. The van der Waals surface area contributed by atoms with Crippen LogP contribution in [-0.4, -0.2) is 35.1 Å². The summed E-state index contributed by atoms with van der Waals surface area (Å²) in [5, 5.41) is 15.2. The summed E-state index contributed by atoms with van der Waals surface area (Å²) in [5.41, 5.74) is 2.54. The van der Waals surface area contributed by atoms with Crippen LogP contribution in [0.1, 0.15) is 39.5 Å². The van der Waals surface area contributed by atoms with E-state index >= 15 is 0 Å². The van der Waals surface area contributed by atoms with E-state index < -0.39 is 5.97 Å². The van der Waals surface area contributed by atoms with E-state index in [9.17, 15) is 14.4 Å². The quantitative estimate of drug-likeness (QED) is 0.632. The molecule has 0 aliphatic carbocycles. The second-order valence-electron chi connectivity index (χ2n) is 5.40. The van der Waals surface area contributed by atoms with Crippen LogP contribution in [-0.2, 0) is 14.4 Å². The molecule has 1 aliphatic heterocycles. The molecule has 7 heteroatoms. The van der Waals surface area contributed by atoms with Gasteiger partial charge in [-0.25, -0.2) is 5.43 Å². The number of carbonyl (C=O) groups is 3. The third kappa shape index (κ3) is 5.81. The Balaban J connectivity index is 2.47. The number of nitrogens with one attached hydrogen (secondary N) is 2. The van der Waals surface area contributed by atoms with Gasteiger partial charge in [-0.15, -0.1) is 0 Å². The Kier molecular flexibility index (Phi) is 6.14. The highest BCUT2D eigenvalue weighted by atomic mass is 16.4. The smallest absolute Gasteiger partial charge is 0.303 e. The van der Waals surface area contributed by atoms with Gasteiger partial charge in [-0.3, -0.25) is 14.4 Å². The van der Waals surface area contributed by atoms with Crippen LogP contribution in [0.25, 0.3) is 0 Å². The number of hydrogen-bond donors (Lipinski definition) is 3. The minimum atomic E-state index is -0.868. The molecule has 0 aromatic carbocycles. The van der Waals surface area contributed by atoms with E-state index in [0.717, 1.165) is 6.42 Å². The number of hydrazone groups is 1. The lowest BCUT2D eigenvalue weighted by atomic mass is 9.94. The largest absolute Gasteiger partial charge is 0.481 e. The molecule has 0 aromatic rings. The topological polar surface area (TPSA) is 108 Å². The van der Waals surface area contributed by atoms with Crippen LogP contribution in [0.15, 0.2) is 5.10 Å². The number of carboxylic acid groups (broad SMARTS) is 1. The van der Waals surface area contributed by atoms with Gasteiger partial charge in [0.05, 0.1) is 0 Å². The number of amides is 2. The maximum atomic E-state index is 11.8. The van der Waals surface area contributed by atoms with Gasteiger partial charge in [0, 0.05) is 25.8 Å². The molecule has 0 bridgehead atoms. The van der Waals surface area contributed by atoms with Gasteiger partial charge in [0.15, 0.2) is 0 Å². The van der Waals surface area contributed by atoms with E-state index in [4.69, 9.17) is 5.11 Å². The molecule has 0 spiro atoms. The first-order valence-corrected chi connectivity index (χ1v) is 6.74. The lowest BCUT2D eigenvalue weighted by molar-refractivity contribution is -0.138. The highest BCUT2D eigenvalue weighted by molar-refractivity contribution is 6.39. The molecule has 0 saturated heterocycles. The second kappa shape index (κ2) is 7.62. The second-order valence-corrected chi connectivity index (χ2v) is 5.40. The lowest BCUT2D eigenvalue weighted by Crippen LogP contribution is -2.39. The zero-order chi connectivity index (χ0) is 15.1. The molecule has 1 aliphatic rings. The highest BCUT2D eigenvalue weighted by Crippen LogP contribution is 2.14. The van der Waals surface area contributed by atoms with Gasteiger partial charge in [0.1, 0.15) is 5.71 Å². The van der Waals surface area contributed by atoms with Crippen LogP contribution in [0.5, 0.6) is 0 Å². The predicted molar refractivity (Wildman–Crippen MR) is 73.0 cm³/mol. The fourth-order valence-electron chi connectivity index (χ4n) is 2.13. The van der Waals surface area contributed by atoms with E-state index in [1.165, 1.54) is 0 Å². The van der Waals surface area contributed by atoms with Crippen LogP contribution in [0, 0.1) is 11.8 Å². The Morgan fingerprint density at radius 2 is 2.10 bits per heavy atom. The lowest BCUT2D eigenvalue weighted by Gasteiger charge is -2.18. The Bertz CT molecular complexity index is 418. The number of aliphatic carboxylic acids is 1. The van der Waals surface area contributed by atoms with Crippen molar-refractivity contribution >= 4 is 23.5 Å². The van der Waals surface area contributed by atoms with Crippen LogP contribution in [0.4, 0.5) is 0 Å². The van der Waals surface area contributed by atoms with Crippen LogP contribution in [0.3, 0.4) is 0 Å². The Labute approximate surface area is 117 Å². The van der Waals surface area contributed by atoms with Crippen LogP contribution in [0.2, 0.25) is 0 Å². The van der Waals surface area contributed by atoms with Gasteiger partial charge < -0.3 is 10.4 Å². The van der Waals surface area contributed by atoms with E-state index in [-0.39, 0.29) is 36.3 Å². The maximum absolute atomic E-state index is 11.8. The Morgan fingerprint density at radius 3 is 2.60 bits per heavy atom. The third-order valence-corrected chi connectivity index (χ3v) is 2.99. The van der Waals surface area contributed by atoms with Crippen molar-refractivity contribution < 1.29 is 19.5 Å². The molecule has 3 N–H and O–H groups in total. The molecule has 0 unspecified atom stereocenters. The normalized spacial score (nSPS) is 16.4. The molecule has 0 radical (unpaired) electrons. The number of rotatable bonds is 7. The van der Waals surface area contributed by atoms with Crippen molar-refractivity contribution in [2.45, 2.75) is 39.5 Å². The van der Waals surface area contributed by atoms with Gasteiger partial charge in [0.2, 0.25) is 5.91 Å². The first kappa shape index (κ1) is 16.1. The molecular formula is C13H21N3O4. The van der Waals surface area contributed by atoms with Gasteiger partial charge in [0.25, 0.3) is 5.91 Å². The summed E-state index contributed by atoms with van der Waals surface area (Å²) in [6.45, 7) is 4.32. The fraction of sp³-hybridized carbons (Fsp3) is 0.692. The molecule has 20 heavy (non-hydrogen) atoms. The van der Waals surface area contributed by atoms with Crippen molar-refractivity contribution in [2.24, 2.45) is 16.9 Å². The van der Waals surface area contributed by atoms with Crippen molar-refractivity contribution in [1.29, 1.82) is 0 Å². The first-order chi connectivity index (χ1) is 9.38. The van der Waals surface area contributed by atoms with Gasteiger partial charge >= 0.3 is 5.97 Å². The van der Waals surface area contributed by atoms with Crippen molar-refractivity contribution in [2.75, 3.05) is 6.54 Å². The zero-order valence-electron chi connectivity index (χ0n) is 11.8. The van der Waals surface area contributed by atoms with Crippen molar-refractivity contribution in [3.05, 3.63) is 0 Å². The minimum absolute atomic E-state index is 0.0294. The molecular weight excluding hydrogens is 262 g/mol. The molecule has 1 rings (SSSR count). The van der Waals surface area contributed by atoms with Gasteiger partial charge in [-0.05, 0) is 18.3 Å². The first-order valence-electron chi connectivity index (χ1n) is 6.74. The molecule has 0 saturated carbocycles. The van der Waals surface area contributed by atoms with Crippen LogP contribution >= 0.6 is 0 Å². The number of hydrogen-bond acceptors (Lipinski definition) is 4. The summed E-state index contributed by atoms with van der Waals surface area (Å²) in [6, 6.07) is 0. The zero-order valence-corrected chi connectivity index (χ0v) is 11.8. The Hall–Kier alpha value is -1.92. The molecule has 112 valence electrons. The SMILES string of the molecule is CC(C)C[C@H](CNC(=O)C1=NNC(=O)CC1)CC(=O)O. The van der Waals surface area contributed by atoms with Crippen LogP contribution < -0.4 is 10.7 Å². The molecule has 0 fully saturated rings. The summed E-state index contributed by atoms with van der Waals surface area (Å²) < 4.78 is 0. The Morgan fingerprint density at radius 1 is 1.40 bits per heavy atom. The number of nitrogens with zero attached hydrogens (tertiary/aromatic N) is 1. The van der Waals surface area contributed by atoms with E-state index in [0.29, 0.717) is 18.9 Å². The average molecular weight is 283 g/mol. The summed E-state index contributed by atoms with van der Waals surface area (Å²) >= 11 is 0. The molecule has 0 aromatic heterocycles. The van der Waals surface area contributed by atoms with Crippen molar-refractivity contribution in [3.63, 3.8) is 0 Å². The highest BCUT2D eigenvalue weighted by Gasteiger charge is 2.20. The monoisotopic (exact) mass is 283 g/mol. The van der Waals surface area contributed by atoms with E-state index in [2.05, 4.69) is 15.8 Å². The predicted octanol–water partition coefficient (Wildman–Crippen LogP) is 0.506. The van der Waals surface area contributed by atoms with Gasteiger partial charge in [-0.2, -0.15) is 5.10 Å². The number of carboxylic acids is 1. The standard InChI is InChI=1S/C13H21N3O4/c1-8(2)5-9(6-12(18)19)7-14-13(20)10-3-4-11(17)16-15-10/h8-9H,3-7H2,1-2H3,(H,14,20)(H,16,17)(H,18,19)/t9-/m0/s1. The number of carbonyl (C=O) groups excluding carboxylic acids is 2. The van der Waals surface area contributed by atoms with Crippen molar-refractivity contribution in [3.8, 4) is 0 Å². The molecule has 2 amide bonds. The van der Waals surface area contributed by atoms with E-state index in [1.807, 2.05) is 13.8 Å². The molecule has 7 nitrogen and oxygen atoms in total.